The molecule has 1 aromatic rings. The fourth-order valence-electron chi connectivity index (χ4n) is 1.60. The lowest BCUT2D eigenvalue weighted by molar-refractivity contribution is -0.122. The molecule has 3 N–H and O–H groups in total. The number of nitrogens with one attached hydrogen (secondary N) is 1. The molecule has 0 bridgehead atoms. The van der Waals surface area contributed by atoms with Crippen molar-refractivity contribution >= 4 is 17.5 Å². The lowest BCUT2D eigenvalue weighted by Crippen LogP contribution is -2.29. The maximum absolute atomic E-state index is 11.7. The first-order valence-electron chi connectivity index (χ1n) is 5.78. The van der Waals surface area contributed by atoms with E-state index >= 15 is 0 Å². The van der Waals surface area contributed by atoms with Crippen molar-refractivity contribution in [1.29, 1.82) is 0 Å². The lowest BCUT2D eigenvalue weighted by Gasteiger charge is -2.17. The van der Waals surface area contributed by atoms with Crippen LogP contribution in [0, 0.1) is 5.92 Å². The van der Waals surface area contributed by atoms with Gasteiger partial charge in [0.15, 0.2) is 0 Å². The molecule has 0 radical (unpaired) electrons. The molecule has 4 heteroatoms. The SMILES string of the molecule is CC(CN)CC(=O)N[C@@H](C)c1ccccc1Cl. The summed E-state index contributed by atoms with van der Waals surface area (Å²) in [5.74, 6) is 0.212. The first-order valence-corrected chi connectivity index (χ1v) is 6.16. The molecule has 94 valence electrons. The molecule has 17 heavy (non-hydrogen) atoms. The lowest BCUT2D eigenvalue weighted by atomic mass is 10.1. The van der Waals surface area contributed by atoms with Crippen molar-refractivity contribution in [3.63, 3.8) is 0 Å². The Hall–Kier alpha value is -1.06. The van der Waals surface area contributed by atoms with Crippen LogP contribution in [-0.4, -0.2) is 12.5 Å². The fourth-order valence-corrected chi connectivity index (χ4v) is 1.90. The Bertz CT molecular complexity index is 381. The smallest absolute Gasteiger partial charge is 0.220 e. The van der Waals surface area contributed by atoms with Gasteiger partial charge >= 0.3 is 0 Å². The van der Waals surface area contributed by atoms with Crippen molar-refractivity contribution in [2.75, 3.05) is 6.54 Å². The van der Waals surface area contributed by atoms with Gasteiger partial charge in [0.05, 0.1) is 6.04 Å². The van der Waals surface area contributed by atoms with Gasteiger partial charge in [-0.3, -0.25) is 4.79 Å². The van der Waals surface area contributed by atoms with Gasteiger partial charge in [0, 0.05) is 11.4 Å². The summed E-state index contributed by atoms with van der Waals surface area (Å²) >= 11 is 6.06. The molecule has 2 atom stereocenters. The minimum atomic E-state index is -0.0822. The molecular weight excluding hydrogens is 236 g/mol. The zero-order valence-electron chi connectivity index (χ0n) is 10.2. The number of amides is 1. The molecule has 0 saturated carbocycles. The fraction of sp³-hybridized carbons (Fsp3) is 0.462. The van der Waals surface area contributed by atoms with E-state index in [1.54, 1.807) is 0 Å². The predicted molar refractivity (Wildman–Crippen MR) is 70.8 cm³/mol. The Balaban J connectivity index is 2.58. The Morgan fingerprint density at radius 2 is 2.06 bits per heavy atom. The zero-order chi connectivity index (χ0) is 12.8. The average Bonchev–Trinajstić information content (AvgIpc) is 2.29. The molecule has 0 aliphatic heterocycles. The molecule has 0 fully saturated rings. The maximum atomic E-state index is 11.7. The van der Waals surface area contributed by atoms with E-state index in [2.05, 4.69) is 5.32 Å². The highest BCUT2D eigenvalue weighted by Crippen LogP contribution is 2.22. The summed E-state index contributed by atoms with van der Waals surface area (Å²) in [6, 6.07) is 7.44. The van der Waals surface area contributed by atoms with Gasteiger partial charge in [-0.15, -0.1) is 0 Å². The summed E-state index contributed by atoms with van der Waals surface area (Å²) in [6.07, 6.45) is 0.450. The van der Waals surface area contributed by atoms with Gasteiger partial charge in [-0.05, 0) is 31.0 Å². The van der Waals surface area contributed by atoms with Crippen LogP contribution in [0.15, 0.2) is 24.3 Å². The summed E-state index contributed by atoms with van der Waals surface area (Å²) in [6.45, 7) is 4.40. The van der Waals surface area contributed by atoms with Crippen LogP contribution in [0.3, 0.4) is 0 Å². The van der Waals surface area contributed by atoms with E-state index in [1.807, 2.05) is 38.1 Å². The van der Waals surface area contributed by atoms with E-state index in [-0.39, 0.29) is 17.9 Å². The Morgan fingerprint density at radius 3 is 2.65 bits per heavy atom. The standard InChI is InChI=1S/C13H19ClN2O/c1-9(8-15)7-13(17)16-10(2)11-5-3-4-6-12(11)14/h3-6,9-10H,7-8,15H2,1-2H3,(H,16,17)/t9?,10-/m0/s1. The second kappa shape index (κ2) is 6.62. The van der Waals surface area contributed by atoms with Gasteiger partial charge in [0.1, 0.15) is 0 Å². The zero-order valence-corrected chi connectivity index (χ0v) is 11.0. The molecule has 1 aromatic carbocycles. The number of carbonyl (C=O) groups is 1. The van der Waals surface area contributed by atoms with Crippen LogP contribution >= 0.6 is 11.6 Å². The molecule has 0 spiro atoms. The normalized spacial score (nSPS) is 14.1. The van der Waals surface area contributed by atoms with Crippen molar-refractivity contribution in [1.82, 2.24) is 5.32 Å². The minimum absolute atomic E-state index is 0.00960. The second-order valence-electron chi connectivity index (χ2n) is 4.36. The third-order valence-electron chi connectivity index (χ3n) is 2.69. The summed E-state index contributed by atoms with van der Waals surface area (Å²) in [5.41, 5.74) is 6.42. The monoisotopic (exact) mass is 254 g/mol. The third kappa shape index (κ3) is 4.36. The van der Waals surface area contributed by atoms with Crippen molar-refractivity contribution < 1.29 is 4.79 Å². The van der Waals surface area contributed by atoms with E-state index < -0.39 is 0 Å². The van der Waals surface area contributed by atoms with Crippen LogP contribution in [0.2, 0.25) is 5.02 Å². The van der Waals surface area contributed by atoms with E-state index in [4.69, 9.17) is 17.3 Å². The van der Waals surface area contributed by atoms with Gasteiger partial charge in [-0.1, -0.05) is 36.7 Å². The van der Waals surface area contributed by atoms with Crippen LogP contribution in [0.1, 0.15) is 31.9 Å². The van der Waals surface area contributed by atoms with Crippen LogP contribution in [0.25, 0.3) is 0 Å². The molecule has 1 amide bonds. The molecule has 1 rings (SSSR count). The molecule has 0 aliphatic rings. The summed E-state index contributed by atoms with van der Waals surface area (Å²) in [5, 5.41) is 3.60. The van der Waals surface area contributed by atoms with Gasteiger partial charge in [-0.25, -0.2) is 0 Å². The third-order valence-corrected chi connectivity index (χ3v) is 3.03. The maximum Gasteiger partial charge on any atom is 0.220 e. The molecule has 0 aliphatic carbocycles. The summed E-state index contributed by atoms with van der Waals surface area (Å²) in [4.78, 5) is 11.7. The predicted octanol–water partition coefficient (Wildman–Crippen LogP) is 2.50. The average molecular weight is 255 g/mol. The minimum Gasteiger partial charge on any atom is -0.350 e. The number of nitrogens with two attached hydrogens (primary N) is 1. The van der Waals surface area contributed by atoms with Gasteiger partial charge in [0.2, 0.25) is 5.91 Å². The number of hydrogen-bond acceptors (Lipinski definition) is 2. The van der Waals surface area contributed by atoms with Gasteiger partial charge < -0.3 is 11.1 Å². The quantitative estimate of drug-likeness (QED) is 0.848. The van der Waals surface area contributed by atoms with E-state index in [9.17, 15) is 4.79 Å². The first kappa shape index (κ1) is 14.0. The van der Waals surface area contributed by atoms with Crippen LogP contribution < -0.4 is 11.1 Å². The largest absolute Gasteiger partial charge is 0.350 e. The molecule has 0 saturated heterocycles. The number of carbonyl (C=O) groups excluding carboxylic acids is 1. The van der Waals surface area contributed by atoms with E-state index in [1.165, 1.54) is 0 Å². The summed E-state index contributed by atoms with van der Waals surface area (Å²) < 4.78 is 0. The highest BCUT2D eigenvalue weighted by Gasteiger charge is 2.13. The highest BCUT2D eigenvalue weighted by atomic mass is 35.5. The number of rotatable bonds is 5. The second-order valence-corrected chi connectivity index (χ2v) is 4.76. The topological polar surface area (TPSA) is 55.1 Å². The van der Waals surface area contributed by atoms with E-state index in [0.717, 1.165) is 5.56 Å². The number of halogens is 1. The van der Waals surface area contributed by atoms with E-state index in [0.29, 0.717) is 18.0 Å². The molecule has 3 nitrogen and oxygen atoms in total. The van der Waals surface area contributed by atoms with Gasteiger partial charge in [0.25, 0.3) is 0 Å². The molecule has 0 aromatic heterocycles. The Morgan fingerprint density at radius 1 is 1.41 bits per heavy atom. The molecule has 0 heterocycles. The highest BCUT2D eigenvalue weighted by molar-refractivity contribution is 6.31. The van der Waals surface area contributed by atoms with Gasteiger partial charge in [-0.2, -0.15) is 0 Å². The Labute approximate surface area is 107 Å². The van der Waals surface area contributed by atoms with Crippen LogP contribution in [-0.2, 0) is 4.79 Å². The van der Waals surface area contributed by atoms with Crippen molar-refractivity contribution in [3.8, 4) is 0 Å². The van der Waals surface area contributed by atoms with Crippen molar-refractivity contribution in [3.05, 3.63) is 34.9 Å². The van der Waals surface area contributed by atoms with Crippen LogP contribution in [0.5, 0.6) is 0 Å². The number of hydrogen-bond donors (Lipinski definition) is 2. The van der Waals surface area contributed by atoms with Crippen molar-refractivity contribution in [2.45, 2.75) is 26.3 Å². The van der Waals surface area contributed by atoms with Crippen LogP contribution in [0.4, 0.5) is 0 Å². The molecular formula is C13H19ClN2O. The van der Waals surface area contributed by atoms with Crippen molar-refractivity contribution in [2.24, 2.45) is 11.7 Å². The first-order chi connectivity index (χ1) is 8.04. The number of benzene rings is 1. The summed E-state index contributed by atoms with van der Waals surface area (Å²) in [7, 11) is 0. The molecule has 1 unspecified atom stereocenters. The Kier molecular flexibility index (Phi) is 5.45.